The molecule has 0 bridgehead atoms. The van der Waals surface area contributed by atoms with Crippen LogP contribution in [0.4, 0.5) is 4.79 Å². The fraction of sp³-hybridized carbons (Fsp3) is 0.429. The Kier molecular flexibility index (Phi) is 3.57. The number of amides is 3. The van der Waals surface area contributed by atoms with Gasteiger partial charge in [0.15, 0.2) is 5.54 Å². The standard InChI is InChI=1S/C14H18N2O3/c1-10(2)19-9-14(11-7-5-4-6-8-11)12(17)16(3)13(18)15-14/h4-8,10H,9H2,1-3H3,(H,15,18). The number of imide groups is 1. The third-order valence-electron chi connectivity index (χ3n) is 3.19. The fourth-order valence-electron chi connectivity index (χ4n) is 2.09. The topological polar surface area (TPSA) is 58.6 Å². The number of urea groups is 1. The van der Waals surface area contributed by atoms with Crippen LogP contribution in [0.25, 0.3) is 0 Å². The molecule has 1 aliphatic heterocycles. The first-order chi connectivity index (χ1) is 8.97. The maximum atomic E-state index is 12.4. The number of benzene rings is 1. The molecule has 2 rings (SSSR count). The lowest BCUT2D eigenvalue weighted by Crippen LogP contribution is -2.48. The summed E-state index contributed by atoms with van der Waals surface area (Å²) in [7, 11) is 1.47. The second-order valence-electron chi connectivity index (χ2n) is 4.93. The SMILES string of the molecule is CC(C)OCC1(c2ccccc2)NC(=O)N(C)C1=O. The molecule has 0 spiro atoms. The number of hydrogen-bond acceptors (Lipinski definition) is 3. The average molecular weight is 262 g/mol. The van der Waals surface area contributed by atoms with Crippen LogP contribution in [-0.2, 0) is 15.1 Å². The Bertz CT molecular complexity index is 487. The van der Waals surface area contributed by atoms with Crippen LogP contribution in [-0.4, -0.2) is 36.6 Å². The molecule has 5 heteroatoms. The summed E-state index contributed by atoms with van der Waals surface area (Å²) in [6, 6.07) is 8.78. The van der Waals surface area contributed by atoms with Crippen LogP contribution < -0.4 is 5.32 Å². The summed E-state index contributed by atoms with van der Waals surface area (Å²) in [5.41, 5.74) is -0.379. The van der Waals surface area contributed by atoms with E-state index >= 15 is 0 Å². The first-order valence-electron chi connectivity index (χ1n) is 6.25. The number of hydrogen-bond donors (Lipinski definition) is 1. The van der Waals surface area contributed by atoms with Crippen molar-refractivity contribution in [2.75, 3.05) is 13.7 Å². The third-order valence-corrected chi connectivity index (χ3v) is 3.19. The molecule has 0 aromatic heterocycles. The summed E-state index contributed by atoms with van der Waals surface area (Å²) < 4.78 is 5.59. The van der Waals surface area contributed by atoms with Crippen LogP contribution in [0.15, 0.2) is 30.3 Å². The first-order valence-corrected chi connectivity index (χ1v) is 6.25. The van der Waals surface area contributed by atoms with Gasteiger partial charge in [-0.3, -0.25) is 9.69 Å². The van der Waals surface area contributed by atoms with Crippen LogP contribution in [0.1, 0.15) is 19.4 Å². The molecule has 1 aromatic rings. The van der Waals surface area contributed by atoms with E-state index in [0.717, 1.165) is 10.5 Å². The number of carbonyl (C=O) groups excluding carboxylic acids is 2. The van der Waals surface area contributed by atoms with Gasteiger partial charge in [0, 0.05) is 7.05 Å². The lowest BCUT2D eigenvalue weighted by Gasteiger charge is -2.27. The van der Waals surface area contributed by atoms with Gasteiger partial charge in [-0.1, -0.05) is 30.3 Å². The van der Waals surface area contributed by atoms with E-state index in [-0.39, 0.29) is 18.6 Å². The molecule has 1 aliphatic rings. The Hall–Kier alpha value is -1.88. The Balaban J connectivity index is 2.40. The molecule has 0 saturated carbocycles. The Morgan fingerprint density at radius 2 is 1.89 bits per heavy atom. The molecule has 1 heterocycles. The van der Waals surface area contributed by atoms with E-state index in [1.165, 1.54) is 7.05 Å². The zero-order chi connectivity index (χ0) is 14.0. The van der Waals surface area contributed by atoms with Crippen molar-refractivity contribution < 1.29 is 14.3 Å². The van der Waals surface area contributed by atoms with Gasteiger partial charge >= 0.3 is 6.03 Å². The van der Waals surface area contributed by atoms with Gasteiger partial charge < -0.3 is 10.1 Å². The molecule has 1 saturated heterocycles. The molecule has 102 valence electrons. The molecule has 0 aliphatic carbocycles. The largest absolute Gasteiger partial charge is 0.375 e. The second-order valence-corrected chi connectivity index (χ2v) is 4.93. The number of ether oxygens (including phenoxy) is 1. The van der Waals surface area contributed by atoms with Crippen molar-refractivity contribution in [2.45, 2.75) is 25.5 Å². The van der Waals surface area contributed by atoms with Gasteiger partial charge in [0.05, 0.1) is 12.7 Å². The number of likely N-dealkylation sites (N-methyl/N-ethyl adjacent to an activating group) is 1. The van der Waals surface area contributed by atoms with Crippen LogP contribution >= 0.6 is 0 Å². The molecule has 1 N–H and O–H groups in total. The highest BCUT2D eigenvalue weighted by Gasteiger charge is 2.51. The van der Waals surface area contributed by atoms with Gasteiger partial charge in [0.2, 0.25) is 0 Å². The van der Waals surface area contributed by atoms with E-state index in [1.54, 1.807) is 0 Å². The Morgan fingerprint density at radius 3 is 2.37 bits per heavy atom. The minimum absolute atomic E-state index is 0.0174. The number of carbonyl (C=O) groups is 2. The molecule has 3 amide bonds. The van der Waals surface area contributed by atoms with Crippen LogP contribution in [0.5, 0.6) is 0 Å². The summed E-state index contributed by atoms with van der Waals surface area (Å²) in [5.74, 6) is -0.288. The van der Waals surface area contributed by atoms with E-state index in [2.05, 4.69) is 5.32 Å². The van der Waals surface area contributed by atoms with E-state index in [9.17, 15) is 9.59 Å². The molecule has 1 unspecified atom stereocenters. The van der Waals surface area contributed by atoms with Crippen molar-refractivity contribution >= 4 is 11.9 Å². The second kappa shape index (κ2) is 5.01. The molecule has 1 aromatic carbocycles. The maximum Gasteiger partial charge on any atom is 0.325 e. The fourth-order valence-corrected chi connectivity index (χ4v) is 2.09. The number of nitrogens with one attached hydrogen (secondary N) is 1. The Morgan fingerprint density at radius 1 is 1.26 bits per heavy atom. The molecule has 0 radical (unpaired) electrons. The van der Waals surface area contributed by atoms with Gasteiger partial charge in [-0.25, -0.2) is 4.79 Å². The highest BCUT2D eigenvalue weighted by atomic mass is 16.5. The highest BCUT2D eigenvalue weighted by molar-refractivity contribution is 6.07. The van der Waals surface area contributed by atoms with Crippen molar-refractivity contribution in [1.82, 2.24) is 10.2 Å². The minimum Gasteiger partial charge on any atom is -0.375 e. The van der Waals surface area contributed by atoms with Gasteiger partial charge in [0.1, 0.15) is 0 Å². The summed E-state index contributed by atoms with van der Waals surface area (Å²) in [6.45, 7) is 3.91. The summed E-state index contributed by atoms with van der Waals surface area (Å²) in [5, 5.41) is 2.75. The predicted octanol–water partition coefficient (Wildman–Crippen LogP) is 1.49. The molecule has 1 fully saturated rings. The lowest BCUT2D eigenvalue weighted by atomic mass is 9.90. The smallest absolute Gasteiger partial charge is 0.325 e. The van der Waals surface area contributed by atoms with Gasteiger partial charge in [-0.2, -0.15) is 0 Å². The quantitative estimate of drug-likeness (QED) is 0.836. The van der Waals surface area contributed by atoms with Crippen molar-refractivity contribution in [3.8, 4) is 0 Å². The van der Waals surface area contributed by atoms with Crippen molar-refractivity contribution in [3.63, 3.8) is 0 Å². The average Bonchev–Trinajstić information content (AvgIpc) is 2.63. The van der Waals surface area contributed by atoms with Crippen LogP contribution in [0.2, 0.25) is 0 Å². The number of nitrogens with zero attached hydrogens (tertiary/aromatic N) is 1. The zero-order valence-corrected chi connectivity index (χ0v) is 11.3. The van der Waals surface area contributed by atoms with Crippen LogP contribution in [0, 0.1) is 0 Å². The number of rotatable bonds is 4. The summed E-state index contributed by atoms with van der Waals surface area (Å²) in [6.07, 6.45) is -0.0174. The Labute approximate surface area is 112 Å². The van der Waals surface area contributed by atoms with E-state index in [1.807, 2.05) is 44.2 Å². The monoisotopic (exact) mass is 262 g/mol. The minimum atomic E-state index is -1.11. The van der Waals surface area contributed by atoms with Crippen molar-refractivity contribution in [1.29, 1.82) is 0 Å². The van der Waals surface area contributed by atoms with E-state index in [4.69, 9.17) is 4.74 Å². The van der Waals surface area contributed by atoms with E-state index < -0.39 is 11.6 Å². The summed E-state index contributed by atoms with van der Waals surface area (Å²) in [4.78, 5) is 25.3. The lowest BCUT2D eigenvalue weighted by molar-refractivity contribution is -0.133. The van der Waals surface area contributed by atoms with Crippen molar-refractivity contribution in [2.24, 2.45) is 0 Å². The first kappa shape index (κ1) is 13.5. The third kappa shape index (κ3) is 2.33. The molecular weight excluding hydrogens is 244 g/mol. The van der Waals surface area contributed by atoms with Crippen molar-refractivity contribution in [3.05, 3.63) is 35.9 Å². The molecule has 19 heavy (non-hydrogen) atoms. The van der Waals surface area contributed by atoms with E-state index in [0.29, 0.717) is 0 Å². The molecule has 5 nitrogen and oxygen atoms in total. The zero-order valence-electron chi connectivity index (χ0n) is 11.3. The summed E-state index contributed by atoms with van der Waals surface area (Å²) >= 11 is 0. The predicted molar refractivity (Wildman–Crippen MR) is 70.5 cm³/mol. The highest BCUT2D eigenvalue weighted by Crippen LogP contribution is 2.29. The van der Waals surface area contributed by atoms with Gasteiger partial charge in [-0.15, -0.1) is 0 Å². The van der Waals surface area contributed by atoms with Gasteiger partial charge in [-0.05, 0) is 19.4 Å². The van der Waals surface area contributed by atoms with Gasteiger partial charge in [0.25, 0.3) is 5.91 Å². The molecular formula is C14H18N2O3. The van der Waals surface area contributed by atoms with Crippen LogP contribution in [0.3, 0.4) is 0 Å². The molecule has 1 atom stereocenters. The normalized spacial score (nSPS) is 23.1. The maximum absolute atomic E-state index is 12.4.